The number of nitrogens with zero attached hydrogens (tertiary/aromatic N) is 1. The predicted octanol–water partition coefficient (Wildman–Crippen LogP) is 4.63. The molecular weight excluding hydrogens is 304 g/mol. The largest absolute Gasteiger partial charge is 0.351 e. The minimum Gasteiger partial charge on any atom is -0.351 e. The van der Waals surface area contributed by atoms with Gasteiger partial charge in [0, 0.05) is 22.0 Å². The SMILES string of the molecule is CCCCNC(=O)c1cc2c(Cl)nc3ccccc3c2s1. The first-order valence-electron chi connectivity index (χ1n) is 6.96. The molecular formula is C16H15ClN2OS. The smallest absolute Gasteiger partial charge is 0.261 e. The van der Waals surface area contributed by atoms with Gasteiger partial charge in [-0.05, 0) is 18.6 Å². The second kappa shape index (κ2) is 6.00. The number of thiophene rings is 1. The van der Waals surface area contributed by atoms with Crippen LogP contribution in [0.1, 0.15) is 29.4 Å². The molecule has 0 saturated carbocycles. The molecule has 2 heterocycles. The summed E-state index contributed by atoms with van der Waals surface area (Å²) in [5.41, 5.74) is 0.856. The number of para-hydroxylation sites is 1. The zero-order chi connectivity index (χ0) is 14.8. The van der Waals surface area contributed by atoms with Crippen molar-refractivity contribution in [3.8, 4) is 0 Å². The molecule has 0 atom stereocenters. The molecule has 0 saturated heterocycles. The van der Waals surface area contributed by atoms with Crippen molar-refractivity contribution in [3.05, 3.63) is 40.4 Å². The Morgan fingerprint density at radius 2 is 2.14 bits per heavy atom. The molecule has 0 radical (unpaired) electrons. The Kier molecular flexibility index (Phi) is 4.08. The van der Waals surface area contributed by atoms with Gasteiger partial charge in [0.05, 0.1) is 10.4 Å². The first-order valence-corrected chi connectivity index (χ1v) is 8.16. The molecule has 2 aromatic heterocycles. The number of fused-ring (bicyclic) bond motifs is 3. The number of rotatable bonds is 4. The van der Waals surface area contributed by atoms with Gasteiger partial charge in [-0.25, -0.2) is 4.98 Å². The summed E-state index contributed by atoms with van der Waals surface area (Å²) in [6.45, 7) is 2.81. The normalized spacial score (nSPS) is 11.1. The van der Waals surface area contributed by atoms with Gasteiger partial charge in [-0.3, -0.25) is 4.79 Å². The minimum atomic E-state index is -0.0372. The number of amides is 1. The number of nitrogens with one attached hydrogen (secondary N) is 1. The van der Waals surface area contributed by atoms with Gasteiger partial charge in [0.2, 0.25) is 0 Å². The second-order valence-electron chi connectivity index (χ2n) is 4.88. The highest BCUT2D eigenvalue weighted by atomic mass is 35.5. The molecule has 1 N–H and O–H groups in total. The number of halogens is 1. The summed E-state index contributed by atoms with van der Waals surface area (Å²) < 4.78 is 1.02. The van der Waals surface area contributed by atoms with Crippen LogP contribution in [-0.4, -0.2) is 17.4 Å². The van der Waals surface area contributed by atoms with Crippen LogP contribution in [0.25, 0.3) is 21.0 Å². The van der Waals surface area contributed by atoms with Crippen molar-refractivity contribution in [2.24, 2.45) is 0 Å². The van der Waals surface area contributed by atoms with E-state index in [4.69, 9.17) is 11.6 Å². The average Bonchev–Trinajstić information content (AvgIpc) is 2.94. The van der Waals surface area contributed by atoms with Crippen LogP contribution in [0.2, 0.25) is 5.15 Å². The van der Waals surface area contributed by atoms with Crippen molar-refractivity contribution in [3.63, 3.8) is 0 Å². The summed E-state index contributed by atoms with van der Waals surface area (Å²) in [5.74, 6) is -0.0372. The fourth-order valence-corrected chi connectivity index (χ4v) is 3.66. The van der Waals surface area contributed by atoms with Gasteiger partial charge >= 0.3 is 0 Å². The van der Waals surface area contributed by atoms with Crippen LogP contribution in [0, 0.1) is 0 Å². The lowest BCUT2D eigenvalue weighted by molar-refractivity contribution is 0.0957. The van der Waals surface area contributed by atoms with Crippen molar-refractivity contribution >= 4 is 49.8 Å². The van der Waals surface area contributed by atoms with Crippen molar-refractivity contribution < 1.29 is 4.79 Å². The predicted molar refractivity (Wildman–Crippen MR) is 89.4 cm³/mol. The van der Waals surface area contributed by atoms with Crippen molar-refractivity contribution in [2.45, 2.75) is 19.8 Å². The molecule has 0 fully saturated rings. The molecule has 0 aliphatic heterocycles. The van der Waals surface area contributed by atoms with Crippen molar-refractivity contribution in [2.75, 3.05) is 6.54 Å². The molecule has 0 aliphatic carbocycles. The van der Waals surface area contributed by atoms with E-state index in [0.717, 1.165) is 33.8 Å². The Morgan fingerprint density at radius 3 is 2.95 bits per heavy atom. The summed E-state index contributed by atoms with van der Waals surface area (Å²) in [5, 5.41) is 5.27. The first-order chi connectivity index (χ1) is 10.2. The molecule has 1 aromatic carbocycles. The Morgan fingerprint density at radius 1 is 1.33 bits per heavy atom. The van der Waals surface area contributed by atoms with Crippen LogP contribution in [-0.2, 0) is 0 Å². The van der Waals surface area contributed by atoms with E-state index in [9.17, 15) is 4.79 Å². The maximum absolute atomic E-state index is 12.2. The number of carbonyl (C=O) groups excluding carboxylic acids is 1. The monoisotopic (exact) mass is 318 g/mol. The van der Waals surface area contributed by atoms with Crippen LogP contribution >= 0.6 is 22.9 Å². The highest BCUT2D eigenvalue weighted by molar-refractivity contribution is 7.21. The van der Waals surface area contributed by atoms with E-state index < -0.39 is 0 Å². The maximum Gasteiger partial charge on any atom is 0.261 e. The Bertz CT molecular complexity index is 812. The molecule has 5 heteroatoms. The van der Waals surface area contributed by atoms with Gasteiger partial charge in [-0.2, -0.15) is 0 Å². The van der Waals surface area contributed by atoms with Crippen LogP contribution < -0.4 is 5.32 Å². The number of unbranched alkanes of at least 4 members (excludes halogenated alkanes) is 1. The maximum atomic E-state index is 12.2. The number of benzene rings is 1. The molecule has 21 heavy (non-hydrogen) atoms. The van der Waals surface area contributed by atoms with Crippen LogP contribution in [0.4, 0.5) is 0 Å². The van der Waals surface area contributed by atoms with Crippen LogP contribution in [0.3, 0.4) is 0 Å². The zero-order valence-corrected chi connectivity index (χ0v) is 13.2. The van der Waals surface area contributed by atoms with Gasteiger partial charge < -0.3 is 5.32 Å². The third kappa shape index (κ3) is 2.74. The third-order valence-electron chi connectivity index (χ3n) is 3.36. The molecule has 0 bridgehead atoms. The Hall–Kier alpha value is -1.65. The van der Waals surface area contributed by atoms with E-state index >= 15 is 0 Å². The average molecular weight is 319 g/mol. The number of pyridine rings is 1. The van der Waals surface area contributed by atoms with E-state index in [1.54, 1.807) is 0 Å². The van der Waals surface area contributed by atoms with Gasteiger partial charge in [0.15, 0.2) is 0 Å². The number of aromatic nitrogens is 1. The van der Waals surface area contributed by atoms with E-state index in [2.05, 4.69) is 17.2 Å². The fourth-order valence-electron chi connectivity index (χ4n) is 2.25. The first kappa shape index (κ1) is 14.3. The standard InChI is InChI=1S/C16H15ClN2OS/c1-2-3-8-18-16(20)13-9-11-14(21-13)10-6-4-5-7-12(10)19-15(11)17/h4-7,9H,2-3,8H2,1H3,(H,18,20). The second-order valence-corrected chi connectivity index (χ2v) is 6.29. The lowest BCUT2D eigenvalue weighted by Gasteiger charge is -2.00. The Balaban J connectivity index is 2.05. The van der Waals surface area contributed by atoms with Gasteiger partial charge in [-0.15, -0.1) is 11.3 Å². The Labute approximate surface area is 131 Å². The highest BCUT2D eigenvalue weighted by Gasteiger charge is 2.14. The molecule has 3 aromatic rings. The summed E-state index contributed by atoms with van der Waals surface area (Å²) in [6, 6.07) is 9.68. The third-order valence-corrected chi connectivity index (χ3v) is 4.82. The van der Waals surface area contributed by atoms with Crippen molar-refractivity contribution in [1.82, 2.24) is 10.3 Å². The van der Waals surface area contributed by atoms with E-state index in [0.29, 0.717) is 16.6 Å². The van der Waals surface area contributed by atoms with E-state index in [1.807, 2.05) is 30.3 Å². The molecule has 0 aliphatic rings. The zero-order valence-electron chi connectivity index (χ0n) is 11.6. The quantitative estimate of drug-likeness (QED) is 0.563. The van der Waals surface area contributed by atoms with Gasteiger partial charge in [0.1, 0.15) is 5.15 Å². The highest BCUT2D eigenvalue weighted by Crippen LogP contribution is 2.35. The molecule has 108 valence electrons. The van der Waals surface area contributed by atoms with E-state index in [-0.39, 0.29) is 5.91 Å². The van der Waals surface area contributed by atoms with Crippen LogP contribution in [0.15, 0.2) is 30.3 Å². The summed E-state index contributed by atoms with van der Waals surface area (Å²) in [7, 11) is 0. The number of hydrogen-bond donors (Lipinski definition) is 1. The molecule has 3 rings (SSSR count). The number of carbonyl (C=O) groups is 1. The molecule has 0 spiro atoms. The van der Waals surface area contributed by atoms with Gasteiger partial charge in [-0.1, -0.05) is 43.1 Å². The number of hydrogen-bond acceptors (Lipinski definition) is 3. The summed E-state index contributed by atoms with van der Waals surface area (Å²) in [6.07, 6.45) is 2.05. The topological polar surface area (TPSA) is 42.0 Å². The minimum absolute atomic E-state index is 0.0372. The van der Waals surface area contributed by atoms with Crippen LogP contribution in [0.5, 0.6) is 0 Å². The molecule has 1 amide bonds. The fraction of sp³-hybridized carbons (Fsp3) is 0.250. The summed E-state index contributed by atoms with van der Waals surface area (Å²) in [4.78, 5) is 17.2. The lowest BCUT2D eigenvalue weighted by Crippen LogP contribution is -2.23. The van der Waals surface area contributed by atoms with Crippen molar-refractivity contribution in [1.29, 1.82) is 0 Å². The lowest BCUT2D eigenvalue weighted by atomic mass is 10.2. The van der Waals surface area contributed by atoms with E-state index in [1.165, 1.54) is 11.3 Å². The summed E-state index contributed by atoms with van der Waals surface area (Å²) >= 11 is 7.72. The van der Waals surface area contributed by atoms with Gasteiger partial charge in [0.25, 0.3) is 5.91 Å². The molecule has 3 nitrogen and oxygen atoms in total. The molecule has 0 unspecified atom stereocenters.